The van der Waals surface area contributed by atoms with E-state index in [0.717, 1.165) is 19.6 Å². The van der Waals surface area contributed by atoms with Crippen molar-refractivity contribution in [1.82, 2.24) is 10.2 Å². The Kier molecular flexibility index (Phi) is 3.67. The van der Waals surface area contributed by atoms with Gasteiger partial charge in [-0.15, -0.1) is 0 Å². The number of hydrogen-bond donors (Lipinski definition) is 2. The van der Waals surface area contributed by atoms with Gasteiger partial charge in [0, 0.05) is 19.6 Å². The molecule has 124 valence electrons. The standard InChI is InChI=1S/C18H24N2O3/c1-12-8-13-2-6-20(17(21)18(22)3-4-18)10-15(13)14(9-12)16-11-23-7-5-19-16/h8-9,16,19,22H,2-7,10-11H2,1H3/t16-/m0/s1. The number of fused-ring (bicyclic) bond motifs is 1. The minimum absolute atomic E-state index is 0.0949. The Bertz CT molecular complexity index is 633. The lowest BCUT2D eigenvalue weighted by Gasteiger charge is -2.34. The van der Waals surface area contributed by atoms with E-state index >= 15 is 0 Å². The first kappa shape index (κ1) is 15.1. The largest absolute Gasteiger partial charge is 0.380 e. The summed E-state index contributed by atoms with van der Waals surface area (Å²) in [5, 5.41) is 13.7. The maximum Gasteiger partial charge on any atom is 0.254 e. The summed E-state index contributed by atoms with van der Waals surface area (Å²) in [6.07, 6.45) is 2.07. The number of nitrogens with zero attached hydrogens (tertiary/aromatic N) is 1. The minimum Gasteiger partial charge on any atom is -0.380 e. The Hall–Kier alpha value is -1.43. The molecule has 1 saturated carbocycles. The quantitative estimate of drug-likeness (QED) is 0.857. The molecular formula is C18H24N2O3. The number of ether oxygens (including phenoxy) is 1. The molecule has 4 rings (SSSR count). The van der Waals surface area contributed by atoms with Crippen molar-refractivity contribution in [3.8, 4) is 0 Å². The molecule has 1 aliphatic carbocycles. The van der Waals surface area contributed by atoms with Gasteiger partial charge in [-0.05, 0) is 42.9 Å². The highest BCUT2D eigenvalue weighted by molar-refractivity contribution is 5.88. The summed E-state index contributed by atoms with van der Waals surface area (Å²) in [6.45, 7) is 5.71. The zero-order valence-corrected chi connectivity index (χ0v) is 13.6. The molecule has 2 N–H and O–H groups in total. The third-order valence-electron chi connectivity index (χ3n) is 5.23. The van der Waals surface area contributed by atoms with Crippen molar-refractivity contribution < 1.29 is 14.6 Å². The van der Waals surface area contributed by atoms with Gasteiger partial charge in [-0.2, -0.15) is 0 Å². The monoisotopic (exact) mass is 316 g/mol. The SMILES string of the molecule is Cc1cc2c(c([C@@H]3COCCN3)c1)CN(C(=O)C1(O)CC1)CC2. The smallest absolute Gasteiger partial charge is 0.254 e. The Morgan fingerprint density at radius 3 is 2.96 bits per heavy atom. The van der Waals surface area contributed by atoms with Gasteiger partial charge >= 0.3 is 0 Å². The number of hydrogen-bond acceptors (Lipinski definition) is 4. The Morgan fingerprint density at radius 2 is 2.26 bits per heavy atom. The van der Waals surface area contributed by atoms with Gasteiger partial charge in [-0.1, -0.05) is 17.7 Å². The van der Waals surface area contributed by atoms with Gasteiger partial charge in [0.25, 0.3) is 5.91 Å². The molecule has 5 nitrogen and oxygen atoms in total. The maximum atomic E-state index is 12.5. The lowest BCUT2D eigenvalue weighted by molar-refractivity contribution is -0.143. The molecule has 0 radical (unpaired) electrons. The summed E-state index contributed by atoms with van der Waals surface area (Å²) in [5.74, 6) is -0.0949. The molecule has 0 unspecified atom stereocenters. The second-order valence-electron chi connectivity index (χ2n) is 7.08. The lowest BCUT2D eigenvalue weighted by atomic mass is 9.89. The molecule has 1 saturated heterocycles. The summed E-state index contributed by atoms with van der Waals surface area (Å²) in [7, 11) is 0. The van der Waals surface area contributed by atoms with Crippen LogP contribution in [-0.4, -0.2) is 47.8 Å². The van der Waals surface area contributed by atoms with Crippen LogP contribution in [0.1, 0.15) is 41.1 Å². The van der Waals surface area contributed by atoms with E-state index in [0.29, 0.717) is 32.5 Å². The molecule has 2 heterocycles. The number of amides is 1. The second-order valence-corrected chi connectivity index (χ2v) is 7.08. The predicted octanol–water partition coefficient (Wildman–Crippen LogP) is 1.07. The van der Waals surface area contributed by atoms with Crippen LogP contribution in [0.4, 0.5) is 0 Å². The lowest BCUT2D eigenvalue weighted by Crippen LogP contribution is -2.44. The van der Waals surface area contributed by atoms with Gasteiger partial charge in [0.15, 0.2) is 0 Å². The van der Waals surface area contributed by atoms with E-state index in [1.807, 2.05) is 4.90 Å². The van der Waals surface area contributed by atoms with Crippen LogP contribution in [0.2, 0.25) is 0 Å². The molecule has 2 aliphatic heterocycles. The molecule has 0 spiro atoms. The molecular weight excluding hydrogens is 292 g/mol. The summed E-state index contributed by atoms with van der Waals surface area (Å²) in [6, 6.07) is 4.64. The second kappa shape index (κ2) is 5.58. The van der Waals surface area contributed by atoms with Crippen molar-refractivity contribution in [1.29, 1.82) is 0 Å². The molecule has 3 aliphatic rings. The fraction of sp³-hybridized carbons (Fsp3) is 0.611. The van der Waals surface area contributed by atoms with Gasteiger partial charge in [-0.3, -0.25) is 4.79 Å². The zero-order chi connectivity index (χ0) is 16.0. The number of rotatable bonds is 2. The molecule has 1 amide bonds. The van der Waals surface area contributed by atoms with E-state index in [4.69, 9.17) is 4.74 Å². The van der Waals surface area contributed by atoms with Crippen LogP contribution >= 0.6 is 0 Å². The molecule has 1 atom stereocenters. The van der Waals surface area contributed by atoms with Crippen LogP contribution in [0.15, 0.2) is 12.1 Å². The Morgan fingerprint density at radius 1 is 1.43 bits per heavy atom. The van der Waals surface area contributed by atoms with Gasteiger partial charge in [0.05, 0.1) is 19.3 Å². The Balaban J connectivity index is 1.64. The summed E-state index contributed by atoms with van der Waals surface area (Å²) >= 11 is 0. The zero-order valence-electron chi connectivity index (χ0n) is 13.6. The molecule has 1 aromatic rings. The van der Waals surface area contributed by atoms with Gasteiger partial charge in [0.2, 0.25) is 0 Å². The van der Waals surface area contributed by atoms with Crippen LogP contribution in [-0.2, 0) is 22.5 Å². The van der Waals surface area contributed by atoms with Crippen molar-refractivity contribution in [3.63, 3.8) is 0 Å². The highest BCUT2D eigenvalue weighted by atomic mass is 16.5. The third-order valence-corrected chi connectivity index (χ3v) is 5.23. The van der Waals surface area contributed by atoms with Crippen LogP contribution in [0, 0.1) is 6.92 Å². The number of morpholine rings is 1. The van der Waals surface area contributed by atoms with E-state index in [9.17, 15) is 9.90 Å². The number of nitrogens with one attached hydrogen (secondary N) is 1. The first-order valence-corrected chi connectivity index (χ1v) is 8.52. The summed E-state index contributed by atoms with van der Waals surface area (Å²) in [4.78, 5) is 14.3. The summed E-state index contributed by atoms with van der Waals surface area (Å²) < 4.78 is 5.62. The molecule has 0 bridgehead atoms. The number of carbonyl (C=O) groups is 1. The number of benzene rings is 1. The van der Waals surface area contributed by atoms with E-state index in [1.165, 1.54) is 22.3 Å². The van der Waals surface area contributed by atoms with Crippen molar-refractivity contribution >= 4 is 5.91 Å². The van der Waals surface area contributed by atoms with Crippen molar-refractivity contribution in [2.75, 3.05) is 26.3 Å². The average Bonchev–Trinajstić information content (AvgIpc) is 3.33. The van der Waals surface area contributed by atoms with E-state index < -0.39 is 5.60 Å². The van der Waals surface area contributed by atoms with E-state index in [2.05, 4.69) is 24.4 Å². The van der Waals surface area contributed by atoms with Gasteiger partial charge in [-0.25, -0.2) is 0 Å². The van der Waals surface area contributed by atoms with E-state index in [-0.39, 0.29) is 11.9 Å². The normalized spacial score (nSPS) is 25.8. The van der Waals surface area contributed by atoms with Crippen LogP contribution in [0.25, 0.3) is 0 Å². The molecule has 1 aromatic carbocycles. The minimum atomic E-state index is -1.07. The highest BCUT2D eigenvalue weighted by Crippen LogP contribution is 2.38. The molecule has 2 fully saturated rings. The predicted molar refractivity (Wildman–Crippen MR) is 86.0 cm³/mol. The third kappa shape index (κ3) is 2.77. The van der Waals surface area contributed by atoms with E-state index in [1.54, 1.807) is 0 Å². The van der Waals surface area contributed by atoms with Crippen LogP contribution in [0.3, 0.4) is 0 Å². The number of aryl methyl sites for hydroxylation is 1. The average molecular weight is 316 g/mol. The van der Waals surface area contributed by atoms with Crippen molar-refractivity contribution in [3.05, 3.63) is 34.4 Å². The van der Waals surface area contributed by atoms with Crippen molar-refractivity contribution in [2.24, 2.45) is 0 Å². The molecule has 5 heteroatoms. The maximum absolute atomic E-state index is 12.5. The summed E-state index contributed by atoms with van der Waals surface area (Å²) in [5.41, 5.74) is 4.00. The fourth-order valence-electron chi connectivity index (χ4n) is 3.74. The molecule has 23 heavy (non-hydrogen) atoms. The Labute approximate surface area is 136 Å². The molecule has 0 aromatic heterocycles. The van der Waals surface area contributed by atoms with Crippen LogP contribution < -0.4 is 5.32 Å². The van der Waals surface area contributed by atoms with Gasteiger partial charge in [0.1, 0.15) is 5.60 Å². The highest BCUT2D eigenvalue weighted by Gasteiger charge is 2.50. The first-order chi connectivity index (χ1) is 11.1. The van der Waals surface area contributed by atoms with Gasteiger partial charge < -0.3 is 20.1 Å². The fourth-order valence-corrected chi connectivity index (χ4v) is 3.74. The first-order valence-electron chi connectivity index (χ1n) is 8.52. The van der Waals surface area contributed by atoms with Crippen molar-refractivity contribution in [2.45, 2.75) is 44.4 Å². The number of carbonyl (C=O) groups excluding carboxylic acids is 1. The van der Waals surface area contributed by atoms with Crippen LogP contribution in [0.5, 0.6) is 0 Å². The number of aliphatic hydroxyl groups is 1. The topological polar surface area (TPSA) is 61.8 Å².